The van der Waals surface area contributed by atoms with Crippen molar-refractivity contribution in [2.75, 3.05) is 0 Å². The predicted molar refractivity (Wildman–Crippen MR) is 61.3 cm³/mol. The lowest BCUT2D eigenvalue weighted by atomic mass is 10.2. The molecule has 0 spiro atoms. The Morgan fingerprint density at radius 1 is 1.71 bits per heavy atom. The lowest BCUT2D eigenvalue weighted by molar-refractivity contribution is 0.510. The summed E-state index contributed by atoms with van der Waals surface area (Å²) < 4.78 is 0. The van der Waals surface area contributed by atoms with Gasteiger partial charge in [-0.2, -0.15) is 0 Å². The third-order valence-electron chi connectivity index (χ3n) is 2.07. The average Bonchev–Trinajstić information content (AvgIpc) is 2.61. The quantitative estimate of drug-likeness (QED) is 0.769. The molecule has 1 aromatic heterocycles. The lowest BCUT2D eigenvalue weighted by Gasteiger charge is -2.15. The van der Waals surface area contributed by atoms with Crippen molar-refractivity contribution in [2.24, 2.45) is 0 Å². The highest BCUT2D eigenvalue weighted by molar-refractivity contribution is 7.09. The Bertz CT molecular complexity index is 324. The number of aryl methyl sites for hydroxylation is 1. The molecule has 1 heterocycles. The molecule has 76 valence electrons. The minimum atomic E-state index is 0.147. The molecular weight excluding hydrogens is 192 g/mol. The largest absolute Gasteiger partial charge is 0.295 e. The van der Waals surface area contributed by atoms with Gasteiger partial charge in [-0.3, -0.25) is 5.32 Å². The van der Waals surface area contributed by atoms with Crippen LogP contribution in [-0.2, 0) is 0 Å². The fraction of sp³-hybridized carbons (Fsp3) is 0.545. The van der Waals surface area contributed by atoms with E-state index in [1.54, 1.807) is 11.3 Å². The summed E-state index contributed by atoms with van der Waals surface area (Å²) in [6, 6.07) is 0.393. The molecule has 1 N–H and O–H groups in total. The van der Waals surface area contributed by atoms with Crippen molar-refractivity contribution in [1.82, 2.24) is 10.3 Å². The SMILES string of the molecule is C#CC(CC)NC(C)c1nc(C)cs1. The Balaban J connectivity index is 2.58. The van der Waals surface area contributed by atoms with Crippen LogP contribution in [0.2, 0.25) is 0 Å². The van der Waals surface area contributed by atoms with Crippen LogP contribution in [0.15, 0.2) is 5.38 Å². The second kappa shape index (κ2) is 5.14. The summed E-state index contributed by atoms with van der Waals surface area (Å²) in [6.07, 6.45) is 6.33. The molecule has 0 amide bonds. The predicted octanol–water partition coefficient (Wildman–Crippen LogP) is 2.51. The smallest absolute Gasteiger partial charge is 0.110 e. The van der Waals surface area contributed by atoms with Crippen LogP contribution in [0, 0.1) is 19.3 Å². The molecule has 2 nitrogen and oxygen atoms in total. The highest BCUT2D eigenvalue weighted by atomic mass is 32.1. The maximum Gasteiger partial charge on any atom is 0.110 e. The zero-order valence-corrected chi connectivity index (χ0v) is 9.69. The summed E-state index contributed by atoms with van der Waals surface area (Å²) in [6.45, 7) is 6.18. The zero-order chi connectivity index (χ0) is 10.6. The van der Waals surface area contributed by atoms with Crippen molar-refractivity contribution in [2.45, 2.75) is 39.3 Å². The Morgan fingerprint density at radius 3 is 2.86 bits per heavy atom. The normalized spacial score (nSPS) is 14.7. The molecule has 1 rings (SSSR count). The number of aromatic nitrogens is 1. The van der Waals surface area contributed by atoms with Gasteiger partial charge in [0.15, 0.2) is 0 Å². The van der Waals surface area contributed by atoms with Crippen molar-refractivity contribution in [3.8, 4) is 12.3 Å². The van der Waals surface area contributed by atoms with E-state index >= 15 is 0 Å². The fourth-order valence-electron chi connectivity index (χ4n) is 1.23. The number of hydrogen-bond donors (Lipinski definition) is 1. The number of terminal acetylenes is 1. The summed E-state index contributed by atoms with van der Waals surface area (Å²) in [5.74, 6) is 2.72. The molecule has 1 aromatic rings. The number of hydrogen-bond acceptors (Lipinski definition) is 3. The molecule has 0 saturated heterocycles. The molecule has 0 aliphatic heterocycles. The molecule has 0 radical (unpaired) electrons. The van der Waals surface area contributed by atoms with Crippen LogP contribution in [0.4, 0.5) is 0 Å². The summed E-state index contributed by atoms with van der Waals surface area (Å²) in [5, 5.41) is 6.53. The van der Waals surface area contributed by atoms with E-state index < -0.39 is 0 Å². The van der Waals surface area contributed by atoms with Gasteiger partial charge < -0.3 is 0 Å². The Morgan fingerprint density at radius 2 is 2.43 bits per heavy atom. The van der Waals surface area contributed by atoms with Crippen LogP contribution in [0.5, 0.6) is 0 Å². The Kier molecular flexibility index (Phi) is 4.12. The van der Waals surface area contributed by atoms with Gasteiger partial charge in [0.05, 0.1) is 12.1 Å². The second-order valence-electron chi connectivity index (χ2n) is 3.34. The first-order valence-electron chi connectivity index (χ1n) is 4.81. The van der Waals surface area contributed by atoms with E-state index in [0.29, 0.717) is 0 Å². The molecule has 2 unspecified atom stereocenters. The molecule has 0 saturated carbocycles. The molecule has 0 bridgehead atoms. The maximum atomic E-state index is 5.39. The van der Waals surface area contributed by atoms with E-state index in [1.165, 1.54) is 0 Å². The molecule has 0 aliphatic carbocycles. The molecule has 0 aromatic carbocycles. The van der Waals surface area contributed by atoms with E-state index in [0.717, 1.165) is 17.1 Å². The Labute approximate surface area is 89.8 Å². The molecule has 2 atom stereocenters. The molecule has 14 heavy (non-hydrogen) atoms. The van der Waals surface area contributed by atoms with Crippen molar-refractivity contribution < 1.29 is 0 Å². The van der Waals surface area contributed by atoms with Gasteiger partial charge in [-0.1, -0.05) is 12.8 Å². The monoisotopic (exact) mass is 208 g/mol. The average molecular weight is 208 g/mol. The summed E-state index contributed by atoms with van der Waals surface area (Å²) in [4.78, 5) is 4.42. The number of thiazole rings is 1. The zero-order valence-electron chi connectivity index (χ0n) is 8.87. The molecule has 3 heteroatoms. The van der Waals surface area contributed by atoms with Gasteiger partial charge in [0, 0.05) is 11.1 Å². The first-order chi connectivity index (χ1) is 6.67. The van der Waals surface area contributed by atoms with Gasteiger partial charge in [-0.15, -0.1) is 17.8 Å². The molecular formula is C11H16N2S. The highest BCUT2D eigenvalue weighted by Gasteiger charge is 2.12. The van der Waals surface area contributed by atoms with E-state index in [1.807, 2.05) is 6.92 Å². The topological polar surface area (TPSA) is 24.9 Å². The number of nitrogens with one attached hydrogen (secondary N) is 1. The van der Waals surface area contributed by atoms with Crippen LogP contribution in [0.1, 0.15) is 37.0 Å². The van der Waals surface area contributed by atoms with Crippen molar-refractivity contribution in [3.63, 3.8) is 0 Å². The molecule has 0 aliphatic rings. The van der Waals surface area contributed by atoms with Gasteiger partial charge >= 0.3 is 0 Å². The van der Waals surface area contributed by atoms with Crippen molar-refractivity contribution in [1.29, 1.82) is 0 Å². The Hall–Kier alpha value is -0.850. The van der Waals surface area contributed by atoms with Gasteiger partial charge in [-0.05, 0) is 20.3 Å². The van der Waals surface area contributed by atoms with E-state index in [9.17, 15) is 0 Å². The van der Waals surface area contributed by atoms with Crippen molar-refractivity contribution >= 4 is 11.3 Å². The minimum Gasteiger partial charge on any atom is -0.295 e. The van der Waals surface area contributed by atoms with Crippen LogP contribution >= 0.6 is 11.3 Å². The lowest BCUT2D eigenvalue weighted by Crippen LogP contribution is -2.29. The van der Waals surface area contributed by atoms with Crippen LogP contribution in [0.25, 0.3) is 0 Å². The summed E-state index contributed by atoms with van der Waals surface area (Å²) in [5.41, 5.74) is 1.08. The van der Waals surface area contributed by atoms with Gasteiger partial charge in [0.2, 0.25) is 0 Å². The number of rotatable bonds is 4. The standard InChI is InChI=1S/C11H16N2S/c1-5-10(6-2)13-9(4)11-12-8(3)7-14-11/h1,7,9-10,13H,6H2,2-4H3. The second-order valence-corrected chi connectivity index (χ2v) is 4.23. The first kappa shape index (κ1) is 11.2. The molecule has 0 fully saturated rings. The number of nitrogens with zero attached hydrogens (tertiary/aromatic N) is 1. The van der Waals surface area contributed by atoms with E-state index in [-0.39, 0.29) is 12.1 Å². The van der Waals surface area contributed by atoms with Crippen molar-refractivity contribution in [3.05, 3.63) is 16.1 Å². The third-order valence-corrected chi connectivity index (χ3v) is 3.21. The minimum absolute atomic E-state index is 0.147. The third kappa shape index (κ3) is 2.83. The first-order valence-corrected chi connectivity index (χ1v) is 5.69. The van der Waals surface area contributed by atoms with E-state index in [2.05, 4.69) is 35.4 Å². The highest BCUT2D eigenvalue weighted by Crippen LogP contribution is 2.18. The summed E-state index contributed by atoms with van der Waals surface area (Å²) >= 11 is 1.68. The maximum absolute atomic E-state index is 5.39. The van der Waals surface area contributed by atoms with Gasteiger partial charge in [-0.25, -0.2) is 4.98 Å². The summed E-state index contributed by atoms with van der Waals surface area (Å²) in [7, 11) is 0. The van der Waals surface area contributed by atoms with Crippen LogP contribution in [0.3, 0.4) is 0 Å². The fourth-order valence-corrected chi connectivity index (χ4v) is 2.04. The van der Waals surface area contributed by atoms with Gasteiger partial charge in [0.25, 0.3) is 0 Å². The van der Waals surface area contributed by atoms with E-state index in [4.69, 9.17) is 6.42 Å². The van der Waals surface area contributed by atoms with Crippen LogP contribution in [-0.4, -0.2) is 11.0 Å². The van der Waals surface area contributed by atoms with Crippen LogP contribution < -0.4 is 5.32 Å². The van der Waals surface area contributed by atoms with Gasteiger partial charge in [0.1, 0.15) is 5.01 Å².